The maximum absolute atomic E-state index is 12.5. The molecule has 5 heteroatoms. The van der Waals surface area contributed by atoms with Crippen LogP contribution in [0.1, 0.15) is 21.5 Å². The zero-order valence-electron chi connectivity index (χ0n) is 10.0. The second-order valence-electron chi connectivity index (χ2n) is 4.12. The van der Waals surface area contributed by atoms with E-state index in [4.69, 9.17) is 28.9 Å². The summed E-state index contributed by atoms with van der Waals surface area (Å²) in [6.45, 7) is 1.80. The Labute approximate surface area is 129 Å². The molecule has 0 fully saturated rings. The quantitative estimate of drug-likeness (QED) is 0.614. The van der Waals surface area contributed by atoms with E-state index >= 15 is 0 Å². The van der Waals surface area contributed by atoms with Gasteiger partial charge in [-0.2, -0.15) is 0 Å². The summed E-state index contributed by atoms with van der Waals surface area (Å²) in [4.78, 5) is 12.5. The van der Waals surface area contributed by atoms with Crippen molar-refractivity contribution in [3.8, 4) is 0 Å². The summed E-state index contributed by atoms with van der Waals surface area (Å²) in [6.07, 6.45) is 0. The van der Waals surface area contributed by atoms with E-state index in [1.807, 2.05) is 0 Å². The molecule has 2 nitrogen and oxygen atoms in total. The molecule has 2 rings (SSSR count). The SMILES string of the molecule is Cc1c(N)cc(Br)cc1C(=O)c1cc(Cl)ccc1Cl. The molecule has 2 aromatic carbocycles. The molecule has 0 amide bonds. The highest BCUT2D eigenvalue weighted by Crippen LogP contribution is 2.28. The Bertz CT molecular complexity index is 671. The van der Waals surface area contributed by atoms with Crippen molar-refractivity contribution in [1.29, 1.82) is 0 Å². The topological polar surface area (TPSA) is 43.1 Å². The molecule has 2 aromatic rings. The average molecular weight is 359 g/mol. The molecule has 0 aliphatic heterocycles. The van der Waals surface area contributed by atoms with Crippen LogP contribution in [0.5, 0.6) is 0 Å². The van der Waals surface area contributed by atoms with Gasteiger partial charge in [0.1, 0.15) is 0 Å². The lowest BCUT2D eigenvalue weighted by atomic mass is 9.98. The van der Waals surface area contributed by atoms with E-state index in [-0.39, 0.29) is 5.78 Å². The van der Waals surface area contributed by atoms with Gasteiger partial charge in [-0.1, -0.05) is 39.1 Å². The smallest absolute Gasteiger partial charge is 0.194 e. The first-order valence-corrected chi connectivity index (χ1v) is 7.00. The Morgan fingerprint density at radius 1 is 1.16 bits per heavy atom. The molecular weight excluding hydrogens is 349 g/mol. The fourth-order valence-corrected chi connectivity index (χ4v) is 2.60. The van der Waals surface area contributed by atoms with E-state index in [0.717, 1.165) is 10.0 Å². The Morgan fingerprint density at radius 2 is 1.84 bits per heavy atom. The van der Waals surface area contributed by atoms with Crippen LogP contribution in [-0.4, -0.2) is 5.78 Å². The number of nitrogens with two attached hydrogens (primary N) is 1. The molecule has 0 heterocycles. The third-order valence-electron chi connectivity index (χ3n) is 2.83. The molecule has 0 saturated carbocycles. The van der Waals surface area contributed by atoms with Crippen molar-refractivity contribution in [2.24, 2.45) is 0 Å². The van der Waals surface area contributed by atoms with Gasteiger partial charge in [0.15, 0.2) is 5.78 Å². The molecule has 0 aliphatic rings. The molecule has 0 aromatic heterocycles. The molecule has 0 radical (unpaired) electrons. The number of carbonyl (C=O) groups is 1. The van der Waals surface area contributed by atoms with Crippen molar-refractivity contribution in [3.05, 3.63) is 61.5 Å². The van der Waals surface area contributed by atoms with Gasteiger partial charge < -0.3 is 5.73 Å². The van der Waals surface area contributed by atoms with Gasteiger partial charge in [-0.15, -0.1) is 0 Å². The highest BCUT2D eigenvalue weighted by molar-refractivity contribution is 9.10. The zero-order valence-corrected chi connectivity index (χ0v) is 13.1. The van der Waals surface area contributed by atoms with Gasteiger partial charge >= 0.3 is 0 Å². The fourth-order valence-electron chi connectivity index (χ4n) is 1.75. The minimum atomic E-state index is -0.196. The van der Waals surface area contributed by atoms with Crippen LogP contribution < -0.4 is 5.73 Å². The van der Waals surface area contributed by atoms with Crippen LogP contribution in [0.3, 0.4) is 0 Å². The number of hydrogen-bond donors (Lipinski definition) is 1. The van der Waals surface area contributed by atoms with Crippen molar-refractivity contribution in [3.63, 3.8) is 0 Å². The van der Waals surface area contributed by atoms with Crippen LogP contribution in [0.25, 0.3) is 0 Å². The van der Waals surface area contributed by atoms with E-state index in [1.165, 1.54) is 0 Å². The van der Waals surface area contributed by atoms with Crippen LogP contribution in [-0.2, 0) is 0 Å². The number of hydrogen-bond acceptors (Lipinski definition) is 2. The first kappa shape index (κ1) is 14.4. The number of halogens is 3. The molecule has 19 heavy (non-hydrogen) atoms. The number of ketones is 1. The molecule has 0 spiro atoms. The lowest BCUT2D eigenvalue weighted by Gasteiger charge is -2.10. The van der Waals surface area contributed by atoms with E-state index in [1.54, 1.807) is 37.3 Å². The van der Waals surface area contributed by atoms with Gasteiger partial charge in [0.05, 0.1) is 5.02 Å². The minimum Gasteiger partial charge on any atom is -0.398 e. The van der Waals surface area contributed by atoms with Crippen molar-refractivity contribution in [2.45, 2.75) is 6.92 Å². The number of carbonyl (C=O) groups excluding carboxylic acids is 1. The van der Waals surface area contributed by atoms with E-state index in [9.17, 15) is 4.79 Å². The molecule has 0 aliphatic carbocycles. The van der Waals surface area contributed by atoms with Crippen molar-refractivity contribution in [2.75, 3.05) is 5.73 Å². The Kier molecular flexibility index (Phi) is 4.19. The molecule has 0 saturated heterocycles. The van der Waals surface area contributed by atoms with Crippen LogP contribution in [0.15, 0.2) is 34.8 Å². The third kappa shape index (κ3) is 2.94. The molecule has 98 valence electrons. The number of benzene rings is 2. The predicted octanol–water partition coefficient (Wildman–Crippen LogP) is 4.88. The summed E-state index contributed by atoms with van der Waals surface area (Å²) in [6, 6.07) is 8.29. The normalized spacial score (nSPS) is 10.5. The summed E-state index contributed by atoms with van der Waals surface area (Å²) in [7, 11) is 0. The van der Waals surface area contributed by atoms with Crippen molar-refractivity contribution in [1.82, 2.24) is 0 Å². The predicted molar refractivity (Wildman–Crippen MR) is 83.2 cm³/mol. The van der Waals surface area contributed by atoms with Gasteiger partial charge in [0, 0.05) is 26.3 Å². The van der Waals surface area contributed by atoms with E-state index < -0.39 is 0 Å². The highest BCUT2D eigenvalue weighted by atomic mass is 79.9. The second kappa shape index (κ2) is 5.53. The van der Waals surface area contributed by atoms with Gasteiger partial charge in [-0.3, -0.25) is 4.79 Å². The number of nitrogen functional groups attached to an aromatic ring is 1. The first-order chi connectivity index (χ1) is 8.90. The molecule has 0 unspecified atom stereocenters. The van der Waals surface area contributed by atoms with Crippen LogP contribution >= 0.6 is 39.1 Å². The Balaban J connectivity index is 2.59. The maximum Gasteiger partial charge on any atom is 0.194 e. The van der Waals surface area contributed by atoms with E-state index in [2.05, 4.69) is 15.9 Å². The van der Waals surface area contributed by atoms with Gasteiger partial charge in [0.2, 0.25) is 0 Å². The molecule has 0 bridgehead atoms. The molecular formula is C14H10BrCl2NO. The van der Waals surface area contributed by atoms with Gasteiger partial charge in [-0.05, 0) is 42.8 Å². The highest BCUT2D eigenvalue weighted by Gasteiger charge is 2.17. The molecule has 2 N–H and O–H groups in total. The third-order valence-corrected chi connectivity index (χ3v) is 3.85. The lowest BCUT2D eigenvalue weighted by Crippen LogP contribution is -2.06. The number of rotatable bonds is 2. The summed E-state index contributed by atoms with van der Waals surface area (Å²) in [5.74, 6) is -0.196. The average Bonchev–Trinajstić information content (AvgIpc) is 2.36. The first-order valence-electron chi connectivity index (χ1n) is 5.45. The largest absolute Gasteiger partial charge is 0.398 e. The van der Waals surface area contributed by atoms with Gasteiger partial charge in [-0.25, -0.2) is 0 Å². The van der Waals surface area contributed by atoms with Crippen LogP contribution in [0.4, 0.5) is 5.69 Å². The van der Waals surface area contributed by atoms with Crippen LogP contribution in [0.2, 0.25) is 10.0 Å². The summed E-state index contributed by atoms with van der Waals surface area (Å²) >= 11 is 15.3. The fraction of sp³-hybridized carbons (Fsp3) is 0.0714. The monoisotopic (exact) mass is 357 g/mol. The number of anilines is 1. The standard InChI is InChI=1S/C14H10BrCl2NO/c1-7-10(4-8(15)5-13(7)18)14(19)11-6-9(16)2-3-12(11)17/h2-6H,18H2,1H3. The van der Waals surface area contributed by atoms with Crippen molar-refractivity contribution >= 4 is 50.6 Å². The summed E-state index contributed by atoms with van der Waals surface area (Å²) in [5.41, 5.74) is 8.02. The second-order valence-corrected chi connectivity index (χ2v) is 5.88. The molecule has 0 atom stereocenters. The van der Waals surface area contributed by atoms with Gasteiger partial charge in [0.25, 0.3) is 0 Å². The maximum atomic E-state index is 12.5. The summed E-state index contributed by atoms with van der Waals surface area (Å²) in [5, 5.41) is 0.834. The van der Waals surface area contributed by atoms with Crippen LogP contribution in [0, 0.1) is 6.92 Å². The minimum absolute atomic E-state index is 0.196. The Morgan fingerprint density at radius 3 is 2.53 bits per heavy atom. The lowest BCUT2D eigenvalue weighted by molar-refractivity contribution is 0.103. The Hall–Kier alpha value is -1.03. The van der Waals surface area contributed by atoms with Crippen molar-refractivity contribution < 1.29 is 4.79 Å². The summed E-state index contributed by atoms with van der Waals surface area (Å²) < 4.78 is 0.747. The van der Waals surface area contributed by atoms with E-state index in [0.29, 0.717) is 26.9 Å². The zero-order chi connectivity index (χ0) is 14.2.